The number of non-ortho nitro benzene ring substituents is 1. The van der Waals surface area contributed by atoms with E-state index in [0.717, 1.165) is 56.8 Å². The number of carbonyl (C=O) groups is 1. The molecule has 2 aliphatic heterocycles. The Morgan fingerprint density at radius 2 is 1.83 bits per heavy atom. The average molecular weight is 395 g/mol. The van der Waals surface area contributed by atoms with Crippen LogP contribution in [-0.2, 0) is 6.54 Å². The molecule has 0 bridgehead atoms. The fraction of sp³-hybridized carbons (Fsp3) is 0.429. The molecule has 2 saturated heterocycles. The molecule has 2 fully saturated rings. The van der Waals surface area contributed by atoms with Gasteiger partial charge in [0.25, 0.3) is 11.6 Å². The smallest absolute Gasteiger partial charge is 0.270 e. The van der Waals surface area contributed by atoms with E-state index in [1.807, 2.05) is 17.2 Å². The highest BCUT2D eigenvalue weighted by molar-refractivity contribution is 6.00. The van der Waals surface area contributed by atoms with Gasteiger partial charge in [0.2, 0.25) is 0 Å². The molecule has 0 aliphatic carbocycles. The van der Waals surface area contributed by atoms with Gasteiger partial charge in [-0.1, -0.05) is 6.07 Å². The number of pyridine rings is 1. The van der Waals surface area contributed by atoms with Crippen molar-refractivity contribution in [1.82, 2.24) is 14.8 Å². The monoisotopic (exact) mass is 395 g/mol. The maximum absolute atomic E-state index is 13.3. The van der Waals surface area contributed by atoms with Gasteiger partial charge in [-0.25, -0.2) is 0 Å². The summed E-state index contributed by atoms with van der Waals surface area (Å²) >= 11 is 0. The molecule has 0 radical (unpaired) electrons. The molecular weight excluding hydrogens is 370 g/mol. The fourth-order valence-electron chi connectivity index (χ4n) is 4.07. The van der Waals surface area contributed by atoms with E-state index < -0.39 is 4.92 Å². The van der Waals surface area contributed by atoms with Crippen LogP contribution >= 0.6 is 0 Å². The predicted octanol–water partition coefficient (Wildman–Crippen LogP) is 2.55. The summed E-state index contributed by atoms with van der Waals surface area (Å²) in [7, 11) is 0. The van der Waals surface area contributed by atoms with Crippen molar-refractivity contribution < 1.29 is 9.72 Å². The molecule has 152 valence electrons. The highest BCUT2D eigenvalue weighted by Crippen LogP contribution is 2.29. The number of benzene rings is 1. The van der Waals surface area contributed by atoms with Crippen molar-refractivity contribution in [2.45, 2.75) is 19.4 Å². The number of piperazine rings is 1. The van der Waals surface area contributed by atoms with Gasteiger partial charge in [0.15, 0.2) is 0 Å². The minimum atomic E-state index is -0.434. The Morgan fingerprint density at radius 3 is 2.48 bits per heavy atom. The first-order valence-corrected chi connectivity index (χ1v) is 10.1. The van der Waals surface area contributed by atoms with Crippen LogP contribution in [-0.4, -0.2) is 64.9 Å². The second-order valence-corrected chi connectivity index (χ2v) is 7.58. The van der Waals surface area contributed by atoms with Crippen molar-refractivity contribution in [3.63, 3.8) is 0 Å². The lowest BCUT2D eigenvalue weighted by Gasteiger charge is -2.35. The zero-order chi connectivity index (χ0) is 20.2. The van der Waals surface area contributed by atoms with Crippen LogP contribution < -0.4 is 4.90 Å². The fourth-order valence-corrected chi connectivity index (χ4v) is 4.07. The quantitative estimate of drug-likeness (QED) is 0.572. The van der Waals surface area contributed by atoms with E-state index in [0.29, 0.717) is 18.7 Å². The van der Waals surface area contributed by atoms with Gasteiger partial charge in [-0.05, 0) is 30.5 Å². The standard InChI is InChI=1S/C21H25N5O3/c27-21(25-12-10-23(11-13-25)16-17-4-3-7-22-15-17)19-14-18(26(28)29)5-6-20(19)24-8-1-2-9-24/h3-7,14-15H,1-2,8-13,16H2. The van der Waals surface area contributed by atoms with Gasteiger partial charge in [0, 0.05) is 70.3 Å². The molecule has 3 heterocycles. The Labute approximate surface area is 169 Å². The van der Waals surface area contributed by atoms with Gasteiger partial charge >= 0.3 is 0 Å². The van der Waals surface area contributed by atoms with Gasteiger partial charge in [0.1, 0.15) is 0 Å². The zero-order valence-corrected chi connectivity index (χ0v) is 16.4. The van der Waals surface area contributed by atoms with Crippen LogP contribution in [0, 0.1) is 10.1 Å². The minimum absolute atomic E-state index is 0.0356. The molecule has 2 aliphatic rings. The van der Waals surface area contributed by atoms with Crippen LogP contribution in [0.15, 0.2) is 42.7 Å². The number of nitrogens with zero attached hydrogens (tertiary/aromatic N) is 5. The van der Waals surface area contributed by atoms with E-state index >= 15 is 0 Å². The van der Waals surface area contributed by atoms with Crippen molar-refractivity contribution in [2.24, 2.45) is 0 Å². The molecule has 29 heavy (non-hydrogen) atoms. The molecule has 8 heteroatoms. The lowest BCUT2D eigenvalue weighted by atomic mass is 10.1. The maximum atomic E-state index is 13.3. The molecule has 2 aromatic rings. The first kappa shape index (κ1) is 19.3. The lowest BCUT2D eigenvalue weighted by Crippen LogP contribution is -2.48. The molecule has 8 nitrogen and oxygen atoms in total. The molecular formula is C21H25N5O3. The van der Waals surface area contributed by atoms with E-state index in [-0.39, 0.29) is 11.6 Å². The van der Waals surface area contributed by atoms with Gasteiger partial charge in [0.05, 0.1) is 16.2 Å². The molecule has 1 amide bonds. The molecule has 0 N–H and O–H groups in total. The molecule has 1 aromatic carbocycles. The van der Waals surface area contributed by atoms with E-state index in [4.69, 9.17) is 0 Å². The van der Waals surface area contributed by atoms with Crippen molar-refractivity contribution in [3.05, 3.63) is 64.0 Å². The van der Waals surface area contributed by atoms with Gasteiger partial charge < -0.3 is 9.80 Å². The van der Waals surface area contributed by atoms with Gasteiger partial charge in [-0.2, -0.15) is 0 Å². The van der Waals surface area contributed by atoms with Crippen molar-refractivity contribution in [2.75, 3.05) is 44.2 Å². The third-order valence-electron chi connectivity index (χ3n) is 5.66. The number of nitro benzene ring substituents is 1. The van der Waals surface area contributed by atoms with Crippen LogP contribution in [0.4, 0.5) is 11.4 Å². The highest BCUT2D eigenvalue weighted by atomic mass is 16.6. The summed E-state index contributed by atoms with van der Waals surface area (Å²) in [6, 6.07) is 8.65. The predicted molar refractivity (Wildman–Crippen MR) is 110 cm³/mol. The number of hydrogen-bond donors (Lipinski definition) is 0. The minimum Gasteiger partial charge on any atom is -0.371 e. The number of amides is 1. The summed E-state index contributed by atoms with van der Waals surface area (Å²) < 4.78 is 0. The number of nitro groups is 1. The Hall–Kier alpha value is -3.00. The Kier molecular flexibility index (Phi) is 5.71. The third kappa shape index (κ3) is 4.37. The summed E-state index contributed by atoms with van der Waals surface area (Å²) in [4.78, 5) is 34.5. The van der Waals surface area contributed by atoms with Gasteiger partial charge in [-0.15, -0.1) is 0 Å². The summed E-state index contributed by atoms with van der Waals surface area (Å²) in [6.45, 7) is 5.35. The van der Waals surface area contributed by atoms with Crippen LogP contribution in [0.2, 0.25) is 0 Å². The summed E-state index contributed by atoms with van der Waals surface area (Å²) in [6.07, 6.45) is 5.79. The van der Waals surface area contributed by atoms with Crippen LogP contribution in [0.5, 0.6) is 0 Å². The first-order chi connectivity index (χ1) is 14.1. The van der Waals surface area contributed by atoms with Crippen LogP contribution in [0.25, 0.3) is 0 Å². The zero-order valence-electron chi connectivity index (χ0n) is 16.4. The second-order valence-electron chi connectivity index (χ2n) is 7.58. The van der Waals surface area contributed by atoms with E-state index in [1.165, 1.54) is 12.1 Å². The normalized spacial score (nSPS) is 17.5. The Bertz CT molecular complexity index is 875. The Balaban J connectivity index is 1.47. The molecule has 4 rings (SSSR count). The maximum Gasteiger partial charge on any atom is 0.270 e. The highest BCUT2D eigenvalue weighted by Gasteiger charge is 2.28. The van der Waals surface area contributed by atoms with E-state index in [9.17, 15) is 14.9 Å². The van der Waals surface area contributed by atoms with Crippen molar-refractivity contribution in [3.8, 4) is 0 Å². The molecule has 0 unspecified atom stereocenters. The number of aromatic nitrogens is 1. The molecule has 1 aromatic heterocycles. The summed E-state index contributed by atoms with van der Waals surface area (Å²) in [5.74, 6) is -0.114. The Morgan fingerprint density at radius 1 is 1.07 bits per heavy atom. The lowest BCUT2D eigenvalue weighted by molar-refractivity contribution is -0.384. The molecule has 0 saturated carbocycles. The largest absolute Gasteiger partial charge is 0.371 e. The topological polar surface area (TPSA) is 82.8 Å². The number of hydrogen-bond acceptors (Lipinski definition) is 6. The average Bonchev–Trinajstić information content (AvgIpc) is 3.29. The third-order valence-corrected chi connectivity index (χ3v) is 5.66. The van der Waals surface area contributed by atoms with Crippen molar-refractivity contribution in [1.29, 1.82) is 0 Å². The number of carbonyl (C=O) groups excluding carboxylic acids is 1. The molecule has 0 atom stereocenters. The van der Waals surface area contributed by atoms with Gasteiger partial charge in [-0.3, -0.25) is 24.8 Å². The van der Waals surface area contributed by atoms with Crippen LogP contribution in [0.1, 0.15) is 28.8 Å². The van der Waals surface area contributed by atoms with E-state index in [2.05, 4.69) is 20.9 Å². The summed E-state index contributed by atoms with van der Waals surface area (Å²) in [5, 5.41) is 11.3. The molecule has 0 spiro atoms. The van der Waals surface area contributed by atoms with E-state index in [1.54, 1.807) is 12.3 Å². The first-order valence-electron chi connectivity index (χ1n) is 10.1. The van der Waals surface area contributed by atoms with Crippen molar-refractivity contribution >= 4 is 17.3 Å². The summed E-state index contributed by atoms with van der Waals surface area (Å²) in [5.41, 5.74) is 2.38. The number of rotatable bonds is 5. The number of anilines is 1. The van der Waals surface area contributed by atoms with Crippen LogP contribution in [0.3, 0.4) is 0 Å². The SMILES string of the molecule is O=C(c1cc([N+](=O)[O-])ccc1N1CCCC1)N1CCN(Cc2cccnc2)CC1. The second kappa shape index (κ2) is 8.57.